The van der Waals surface area contributed by atoms with Gasteiger partial charge < -0.3 is 10.5 Å². The maximum absolute atomic E-state index is 13.0. The van der Waals surface area contributed by atoms with E-state index in [9.17, 15) is 8.78 Å². The highest BCUT2D eigenvalue weighted by molar-refractivity contribution is 9.10. The molecule has 2 aromatic carbocycles. The standard InChI is InChI=1S/C13H10BrF2NO/c14-9-1-4-13(8(5-9)7-17)18-10-2-3-11(15)12(16)6-10/h1-6H,7,17H2. The van der Waals surface area contributed by atoms with Crippen molar-refractivity contribution in [2.75, 3.05) is 0 Å². The lowest BCUT2D eigenvalue weighted by Gasteiger charge is -2.10. The molecule has 0 aliphatic heterocycles. The summed E-state index contributed by atoms with van der Waals surface area (Å²) in [6.45, 7) is 0.290. The largest absolute Gasteiger partial charge is 0.457 e. The molecule has 0 spiro atoms. The minimum Gasteiger partial charge on any atom is -0.457 e. The van der Waals surface area contributed by atoms with Crippen LogP contribution in [0.4, 0.5) is 8.78 Å². The third kappa shape index (κ3) is 2.86. The van der Waals surface area contributed by atoms with E-state index < -0.39 is 11.6 Å². The molecule has 18 heavy (non-hydrogen) atoms. The molecule has 5 heteroatoms. The first kappa shape index (κ1) is 13.0. The van der Waals surface area contributed by atoms with Gasteiger partial charge in [-0.25, -0.2) is 8.78 Å². The molecule has 0 atom stereocenters. The van der Waals surface area contributed by atoms with Gasteiger partial charge in [0.15, 0.2) is 11.6 Å². The maximum atomic E-state index is 13.0. The summed E-state index contributed by atoms with van der Waals surface area (Å²) in [4.78, 5) is 0. The maximum Gasteiger partial charge on any atom is 0.162 e. The molecule has 2 aromatic rings. The zero-order valence-electron chi connectivity index (χ0n) is 9.29. The highest BCUT2D eigenvalue weighted by atomic mass is 79.9. The van der Waals surface area contributed by atoms with Gasteiger partial charge in [-0.3, -0.25) is 0 Å². The third-order valence-electron chi connectivity index (χ3n) is 2.36. The number of halogens is 3. The summed E-state index contributed by atoms with van der Waals surface area (Å²) >= 11 is 3.32. The van der Waals surface area contributed by atoms with Crippen LogP contribution in [0.5, 0.6) is 11.5 Å². The van der Waals surface area contributed by atoms with E-state index in [0.717, 1.165) is 22.2 Å². The summed E-state index contributed by atoms with van der Waals surface area (Å²) in [7, 11) is 0. The lowest BCUT2D eigenvalue weighted by atomic mass is 10.2. The molecule has 0 aliphatic rings. The first-order valence-corrected chi connectivity index (χ1v) is 6.01. The van der Waals surface area contributed by atoms with Crippen molar-refractivity contribution in [2.45, 2.75) is 6.54 Å². The fourth-order valence-electron chi connectivity index (χ4n) is 1.47. The zero-order chi connectivity index (χ0) is 13.1. The molecule has 0 heterocycles. The fraction of sp³-hybridized carbons (Fsp3) is 0.0769. The monoisotopic (exact) mass is 313 g/mol. The van der Waals surface area contributed by atoms with E-state index in [-0.39, 0.29) is 5.75 Å². The van der Waals surface area contributed by atoms with E-state index in [1.165, 1.54) is 6.07 Å². The van der Waals surface area contributed by atoms with Gasteiger partial charge >= 0.3 is 0 Å². The van der Waals surface area contributed by atoms with Crippen molar-refractivity contribution in [2.24, 2.45) is 5.73 Å². The highest BCUT2D eigenvalue weighted by Gasteiger charge is 2.07. The molecule has 0 saturated carbocycles. The van der Waals surface area contributed by atoms with Crippen LogP contribution in [-0.4, -0.2) is 0 Å². The molecule has 0 radical (unpaired) electrons. The topological polar surface area (TPSA) is 35.2 Å². The lowest BCUT2D eigenvalue weighted by molar-refractivity contribution is 0.457. The number of nitrogens with two attached hydrogens (primary N) is 1. The Labute approximate surface area is 112 Å². The summed E-state index contributed by atoms with van der Waals surface area (Å²) < 4.78 is 32.2. The Kier molecular flexibility index (Phi) is 3.93. The van der Waals surface area contributed by atoms with Gasteiger partial charge in [0.05, 0.1) is 0 Å². The molecule has 2 N–H and O–H groups in total. The Hall–Kier alpha value is -1.46. The van der Waals surface area contributed by atoms with Crippen LogP contribution >= 0.6 is 15.9 Å². The summed E-state index contributed by atoms with van der Waals surface area (Å²) in [6, 6.07) is 8.70. The minimum absolute atomic E-state index is 0.228. The van der Waals surface area contributed by atoms with Crippen LogP contribution in [0.15, 0.2) is 40.9 Å². The van der Waals surface area contributed by atoms with E-state index in [2.05, 4.69) is 15.9 Å². The molecule has 0 aliphatic carbocycles. The van der Waals surface area contributed by atoms with E-state index in [1.54, 1.807) is 12.1 Å². The van der Waals surface area contributed by atoms with Gasteiger partial charge in [-0.1, -0.05) is 15.9 Å². The first-order chi connectivity index (χ1) is 8.60. The molecule has 0 fully saturated rings. The lowest BCUT2D eigenvalue weighted by Crippen LogP contribution is -1.99. The van der Waals surface area contributed by atoms with E-state index in [4.69, 9.17) is 10.5 Å². The third-order valence-corrected chi connectivity index (χ3v) is 2.85. The summed E-state index contributed by atoms with van der Waals surface area (Å²) in [5.41, 5.74) is 6.36. The van der Waals surface area contributed by atoms with E-state index in [1.807, 2.05) is 6.07 Å². The van der Waals surface area contributed by atoms with Gasteiger partial charge in [0.25, 0.3) is 0 Å². The van der Waals surface area contributed by atoms with Gasteiger partial charge in [0.2, 0.25) is 0 Å². The predicted molar refractivity (Wildman–Crippen MR) is 68.5 cm³/mol. The number of ether oxygens (including phenoxy) is 1. The number of hydrogen-bond donors (Lipinski definition) is 1. The van der Waals surface area contributed by atoms with Crippen molar-refractivity contribution in [3.63, 3.8) is 0 Å². The Morgan fingerprint density at radius 1 is 1.06 bits per heavy atom. The molecule has 2 nitrogen and oxygen atoms in total. The Bertz CT molecular complexity index is 575. The quantitative estimate of drug-likeness (QED) is 0.930. The second-order valence-electron chi connectivity index (χ2n) is 3.63. The zero-order valence-corrected chi connectivity index (χ0v) is 10.9. The average Bonchev–Trinajstić information content (AvgIpc) is 2.36. The van der Waals surface area contributed by atoms with Crippen molar-refractivity contribution < 1.29 is 13.5 Å². The Morgan fingerprint density at radius 3 is 2.50 bits per heavy atom. The van der Waals surface area contributed by atoms with Gasteiger partial charge in [-0.15, -0.1) is 0 Å². The van der Waals surface area contributed by atoms with Gasteiger partial charge in [-0.2, -0.15) is 0 Å². The molecule has 2 rings (SSSR count). The second-order valence-corrected chi connectivity index (χ2v) is 4.55. The van der Waals surface area contributed by atoms with Crippen LogP contribution < -0.4 is 10.5 Å². The van der Waals surface area contributed by atoms with Gasteiger partial charge in [0.1, 0.15) is 11.5 Å². The summed E-state index contributed by atoms with van der Waals surface area (Å²) in [6.07, 6.45) is 0. The van der Waals surface area contributed by atoms with Crippen LogP contribution in [0, 0.1) is 11.6 Å². The predicted octanol–water partition coefficient (Wildman–Crippen LogP) is 3.98. The van der Waals surface area contributed by atoms with Crippen LogP contribution in [-0.2, 0) is 6.54 Å². The summed E-state index contributed by atoms with van der Waals surface area (Å²) in [5.74, 6) is -1.10. The van der Waals surface area contributed by atoms with Crippen LogP contribution in [0.3, 0.4) is 0 Å². The normalized spacial score (nSPS) is 10.4. The van der Waals surface area contributed by atoms with Crippen molar-refractivity contribution in [3.05, 3.63) is 58.1 Å². The van der Waals surface area contributed by atoms with Crippen LogP contribution in [0.1, 0.15) is 5.56 Å². The van der Waals surface area contributed by atoms with Crippen molar-refractivity contribution in [1.29, 1.82) is 0 Å². The molecule has 94 valence electrons. The van der Waals surface area contributed by atoms with Crippen molar-refractivity contribution >= 4 is 15.9 Å². The second kappa shape index (κ2) is 5.46. The number of benzene rings is 2. The van der Waals surface area contributed by atoms with Gasteiger partial charge in [-0.05, 0) is 30.3 Å². The molecule has 0 aromatic heterocycles. The van der Waals surface area contributed by atoms with E-state index in [0.29, 0.717) is 12.3 Å². The molecular formula is C13H10BrF2NO. The smallest absolute Gasteiger partial charge is 0.162 e. The average molecular weight is 314 g/mol. The van der Waals surface area contributed by atoms with Gasteiger partial charge in [0, 0.05) is 22.6 Å². The van der Waals surface area contributed by atoms with Crippen LogP contribution in [0.2, 0.25) is 0 Å². The van der Waals surface area contributed by atoms with Crippen LogP contribution in [0.25, 0.3) is 0 Å². The molecule has 0 amide bonds. The Balaban J connectivity index is 2.30. The molecule has 0 bridgehead atoms. The molecule has 0 saturated heterocycles. The van der Waals surface area contributed by atoms with Crippen molar-refractivity contribution in [1.82, 2.24) is 0 Å². The SMILES string of the molecule is NCc1cc(Br)ccc1Oc1ccc(F)c(F)c1. The summed E-state index contributed by atoms with van der Waals surface area (Å²) in [5, 5.41) is 0. The molecule has 0 unspecified atom stereocenters. The minimum atomic E-state index is -0.945. The highest BCUT2D eigenvalue weighted by Crippen LogP contribution is 2.28. The number of hydrogen-bond acceptors (Lipinski definition) is 2. The fourth-order valence-corrected chi connectivity index (χ4v) is 1.88. The Morgan fingerprint density at radius 2 is 1.83 bits per heavy atom. The first-order valence-electron chi connectivity index (χ1n) is 5.21. The van der Waals surface area contributed by atoms with E-state index >= 15 is 0 Å². The molecular weight excluding hydrogens is 304 g/mol. The number of rotatable bonds is 3. The van der Waals surface area contributed by atoms with Crippen molar-refractivity contribution in [3.8, 4) is 11.5 Å².